The fraction of sp³-hybridized carbons (Fsp3) is 0.500. The normalized spacial score (nSPS) is 12.5. The number of pyridine rings is 1. The Balaban J connectivity index is 2.39. The highest BCUT2D eigenvalue weighted by Crippen LogP contribution is 2.11. The van der Waals surface area contributed by atoms with Gasteiger partial charge in [0.25, 0.3) is 0 Å². The number of methoxy groups -OCH3 is 1. The van der Waals surface area contributed by atoms with Crippen molar-refractivity contribution in [1.82, 2.24) is 4.98 Å². The molecule has 0 aliphatic rings. The van der Waals surface area contributed by atoms with E-state index in [1.165, 1.54) is 0 Å². The van der Waals surface area contributed by atoms with Crippen molar-refractivity contribution in [3.63, 3.8) is 0 Å². The Morgan fingerprint density at radius 2 is 2.36 bits per heavy atom. The Morgan fingerprint density at radius 3 is 2.93 bits per heavy atom. The Morgan fingerprint density at radius 1 is 1.57 bits per heavy atom. The molecule has 1 unspecified atom stereocenters. The third-order valence-electron chi connectivity index (χ3n) is 1.88. The molecule has 0 aromatic carbocycles. The molecule has 3 nitrogen and oxygen atoms in total. The zero-order valence-corrected chi connectivity index (χ0v) is 10.0. The molecule has 0 saturated carbocycles. The average Bonchev–Trinajstić information content (AvgIpc) is 2.18. The van der Waals surface area contributed by atoms with Crippen LogP contribution in [0.25, 0.3) is 0 Å². The Bertz CT molecular complexity index is 263. The van der Waals surface area contributed by atoms with Crippen molar-refractivity contribution in [1.29, 1.82) is 0 Å². The van der Waals surface area contributed by atoms with Gasteiger partial charge >= 0.3 is 0 Å². The number of hydrogen-bond acceptors (Lipinski definition) is 3. The first kappa shape index (κ1) is 11.5. The summed E-state index contributed by atoms with van der Waals surface area (Å²) in [5, 5.41) is 3.29. The van der Waals surface area contributed by atoms with Gasteiger partial charge in [0.15, 0.2) is 0 Å². The van der Waals surface area contributed by atoms with Crippen LogP contribution in [0.2, 0.25) is 0 Å². The van der Waals surface area contributed by atoms with E-state index in [9.17, 15) is 0 Å². The van der Waals surface area contributed by atoms with Gasteiger partial charge in [0.2, 0.25) is 0 Å². The number of aromatic nitrogens is 1. The average molecular weight is 259 g/mol. The van der Waals surface area contributed by atoms with Gasteiger partial charge in [0.05, 0.1) is 0 Å². The number of nitrogens with zero attached hydrogens (tertiary/aromatic N) is 1. The summed E-state index contributed by atoms with van der Waals surface area (Å²) in [5.74, 6) is 0.900. The lowest BCUT2D eigenvalue weighted by atomic mass is 10.2. The van der Waals surface area contributed by atoms with E-state index in [0.29, 0.717) is 6.04 Å². The maximum atomic E-state index is 5.00. The summed E-state index contributed by atoms with van der Waals surface area (Å²) < 4.78 is 5.99. The van der Waals surface area contributed by atoms with E-state index >= 15 is 0 Å². The Labute approximate surface area is 93.0 Å². The van der Waals surface area contributed by atoms with Crippen LogP contribution in [-0.2, 0) is 4.74 Å². The Kier molecular flexibility index (Phi) is 4.90. The molecule has 1 aromatic rings. The minimum absolute atomic E-state index is 0.378. The van der Waals surface area contributed by atoms with Crippen molar-refractivity contribution >= 4 is 21.7 Å². The molecule has 0 amide bonds. The second-order valence-electron chi connectivity index (χ2n) is 3.19. The van der Waals surface area contributed by atoms with E-state index < -0.39 is 0 Å². The van der Waals surface area contributed by atoms with Crippen molar-refractivity contribution in [2.24, 2.45) is 0 Å². The van der Waals surface area contributed by atoms with E-state index in [-0.39, 0.29) is 0 Å². The fourth-order valence-electron chi connectivity index (χ4n) is 1.08. The second kappa shape index (κ2) is 5.98. The highest BCUT2D eigenvalue weighted by Gasteiger charge is 2.01. The molecule has 14 heavy (non-hydrogen) atoms. The predicted octanol–water partition coefficient (Wildman–Crippen LogP) is 2.68. The highest BCUT2D eigenvalue weighted by atomic mass is 79.9. The minimum Gasteiger partial charge on any atom is -0.385 e. The number of rotatable bonds is 5. The highest BCUT2D eigenvalue weighted by molar-refractivity contribution is 9.10. The van der Waals surface area contributed by atoms with Gasteiger partial charge in [-0.3, -0.25) is 0 Å². The van der Waals surface area contributed by atoms with Crippen LogP contribution >= 0.6 is 15.9 Å². The van der Waals surface area contributed by atoms with E-state index in [2.05, 4.69) is 33.2 Å². The minimum atomic E-state index is 0.378. The summed E-state index contributed by atoms with van der Waals surface area (Å²) in [6, 6.07) is 4.30. The van der Waals surface area contributed by atoms with E-state index in [1.54, 1.807) is 13.3 Å². The molecule has 1 atom stereocenters. The summed E-state index contributed by atoms with van der Waals surface area (Å²) in [4.78, 5) is 4.23. The van der Waals surface area contributed by atoms with Crippen molar-refractivity contribution in [3.8, 4) is 0 Å². The van der Waals surface area contributed by atoms with Crippen LogP contribution in [0.15, 0.2) is 22.8 Å². The molecule has 4 heteroatoms. The first-order valence-electron chi connectivity index (χ1n) is 4.59. The smallest absolute Gasteiger partial charge is 0.126 e. The number of ether oxygens (including phenoxy) is 1. The summed E-state index contributed by atoms with van der Waals surface area (Å²) >= 11 is 3.34. The SMILES string of the molecule is COCCC(C)Nc1ccc(Br)cn1. The van der Waals surface area contributed by atoms with Crippen LogP contribution in [0.4, 0.5) is 5.82 Å². The quantitative estimate of drug-likeness (QED) is 0.882. The van der Waals surface area contributed by atoms with Crippen molar-refractivity contribution in [3.05, 3.63) is 22.8 Å². The summed E-state index contributed by atoms with van der Waals surface area (Å²) in [5.41, 5.74) is 0. The third-order valence-corrected chi connectivity index (χ3v) is 2.35. The van der Waals surface area contributed by atoms with Gasteiger partial charge in [-0.1, -0.05) is 0 Å². The van der Waals surface area contributed by atoms with Gasteiger partial charge in [-0.2, -0.15) is 0 Å². The lowest BCUT2D eigenvalue weighted by Crippen LogP contribution is -2.17. The van der Waals surface area contributed by atoms with Crippen LogP contribution < -0.4 is 5.32 Å². The number of halogens is 1. The van der Waals surface area contributed by atoms with Crippen LogP contribution in [-0.4, -0.2) is 24.7 Å². The summed E-state index contributed by atoms with van der Waals surface area (Å²) in [6.45, 7) is 2.88. The second-order valence-corrected chi connectivity index (χ2v) is 4.10. The monoisotopic (exact) mass is 258 g/mol. The van der Waals surface area contributed by atoms with Gasteiger partial charge < -0.3 is 10.1 Å². The molecule has 1 N–H and O–H groups in total. The molecule has 0 radical (unpaired) electrons. The number of anilines is 1. The molecule has 1 heterocycles. The van der Waals surface area contributed by atoms with Gasteiger partial charge in [-0.05, 0) is 41.4 Å². The third kappa shape index (κ3) is 4.07. The largest absolute Gasteiger partial charge is 0.385 e. The fourth-order valence-corrected chi connectivity index (χ4v) is 1.31. The first-order valence-corrected chi connectivity index (χ1v) is 5.38. The maximum absolute atomic E-state index is 5.00. The van der Waals surface area contributed by atoms with Crippen molar-refractivity contribution < 1.29 is 4.74 Å². The zero-order chi connectivity index (χ0) is 10.4. The van der Waals surface area contributed by atoms with Crippen LogP contribution in [0.5, 0.6) is 0 Å². The van der Waals surface area contributed by atoms with Crippen LogP contribution in [0.1, 0.15) is 13.3 Å². The predicted molar refractivity (Wildman–Crippen MR) is 61.5 cm³/mol. The molecule has 0 saturated heterocycles. The lowest BCUT2D eigenvalue weighted by molar-refractivity contribution is 0.191. The summed E-state index contributed by atoms with van der Waals surface area (Å²) in [6.07, 6.45) is 2.76. The van der Waals surface area contributed by atoms with Crippen LogP contribution in [0.3, 0.4) is 0 Å². The molecule has 0 aliphatic carbocycles. The molecule has 1 rings (SSSR count). The molecular formula is C10H15BrN2O. The molecule has 0 aliphatic heterocycles. The zero-order valence-electron chi connectivity index (χ0n) is 8.46. The number of nitrogens with one attached hydrogen (secondary N) is 1. The Hall–Kier alpha value is -0.610. The topological polar surface area (TPSA) is 34.1 Å². The van der Waals surface area contributed by atoms with Gasteiger partial charge in [-0.25, -0.2) is 4.98 Å². The molecular weight excluding hydrogens is 244 g/mol. The molecule has 0 fully saturated rings. The molecule has 78 valence electrons. The van der Waals surface area contributed by atoms with E-state index in [1.807, 2.05) is 12.1 Å². The molecule has 0 bridgehead atoms. The lowest BCUT2D eigenvalue weighted by Gasteiger charge is -2.13. The van der Waals surface area contributed by atoms with Gasteiger partial charge in [0.1, 0.15) is 5.82 Å². The van der Waals surface area contributed by atoms with Gasteiger partial charge in [0, 0.05) is 30.4 Å². The van der Waals surface area contributed by atoms with E-state index in [4.69, 9.17) is 4.74 Å². The van der Waals surface area contributed by atoms with Crippen molar-refractivity contribution in [2.45, 2.75) is 19.4 Å². The van der Waals surface area contributed by atoms with Gasteiger partial charge in [-0.15, -0.1) is 0 Å². The number of hydrogen-bond donors (Lipinski definition) is 1. The van der Waals surface area contributed by atoms with E-state index in [0.717, 1.165) is 23.3 Å². The molecule has 0 spiro atoms. The van der Waals surface area contributed by atoms with Crippen LogP contribution in [0, 0.1) is 0 Å². The first-order chi connectivity index (χ1) is 6.72. The van der Waals surface area contributed by atoms with Crippen molar-refractivity contribution in [2.75, 3.05) is 19.0 Å². The maximum Gasteiger partial charge on any atom is 0.126 e. The summed E-state index contributed by atoms with van der Waals surface area (Å²) in [7, 11) is 1.71. The molecule has 1 aromatic heterocycles. The standard InChI is InChI=1S/C10H15BrN2O/c1-8(5-6-14-2)13-10-4-3-9(11)7-12-10/h3-4,7-8H,5-6H2,1-2H3,(H,12,13).